The third kappa shape index (κ3) is 2.80. The molecule has 5 nitrogen and oxygen atoms in total. The number of hydrogen-bond donors (Lipinski definition) is 1. The monoisotopic (exact) mass is 357 g/mol. The summed E-state index contributed by atoms with van der Waals surface area (Å²) < 4.78 is 0. The molecular formula is C22H23N5. The van der Waals surface area contributed by atoms with Crippen LogP contribution in [0.1, 0.15) is 36.8 Å². The largest absolute Gasteiger partial charge is 0.399 e. The van der Waals surface area contributed by atoms with Gasteiger partial charge in [-0.2, -0.15) is 15.8 Å². The molecule has 0 saturated carbocycles. The van der Waals surface area contributed by atoms with E-state index in [0.29, 0.717) is 24.6 Å². The fraction of sp³-hybridized carbons (Fsp3) is 0.409. The molecule has 0 bridgehead atoms. The second-order valence-corrected chi connectivity index (χ2v) is 7.70. The molecule has 0 spiro atoms. The SMILES string of the molecule is CC(C)c1ccc(C2C(C#N)=C(N)C(C#N)(C#N)C3=CCN(C)CC32)cc1. The van der Waals surface area contributed by atoms with Gasteiger partial charge in [0.1, 0.15) is 0 Å². The molecule has 2 N–H and O–H groups in total. The summed E-state index contributed by atoms with van der Waals surface area (Å²) in [7, 11) is 2.00. The molecule has 1 aliphatic carbocycles. The number of rotatable bonds is 2. The van der Waals surface area contributed by atoms with E-state index in [1.165, 1.54) is 5.56 Å². The number of nitrogens with two attached hydrogens (primary N) is 1. The Labute approximate surface area is 160 Å². The first kappa shape index (κ1) is 18.7. The van der Waals surface area contributed by atoms with Gasteiger partial charge in [0, 0.05) is 24.9 Å². The topological polar surface area (TPSA) is 101 Å². The number of nitriles is 3. The van der Waals surface area contributed by atoms with Gasteiger partial charge in [-0.3, -0.25) is 0 Å². The van der Waals surface area contributed by atoms with Crippen LogP contribution in [0.25, 0.3) is 0 Å². The zero-order chi connectivity index (χ0) is 19.8. The lowest BCUT2D eigenvalue weighted by Crippen LogP contribution is -2.46. The fourth-order valence-electron chi connectivity index (χ4n) is 4.25. The first-order valence-electron chi connectivity index (χ1n) is 9.11. The van der Waals surface area contributed by atoms with Gasteiger partial charge in [-0.05, 0) is 29.7 Å². The lowest BCUT2D eigenvalue weighted by atomic mass is 9.60. The van der Waals surface area contributed by atoms with Crippen molar-refractivity contribution in [2.24, 2.45) is 17.1 Å². The summed E-state index contributed by atoms with van der Waals surface area (Å²) in [6.07, 6.45) is 1.94. The Kier molecular flexibility index (Phi) is 4.79. The molecule has 2 unspecified atom stereocenters. The highest BCUT2D eigenvalue weighted by Crippen LogP contribution is 2.52. The van der Waals surface area contributed by atoms with E-state index in [-0.39, 0.29) is 17.5 Å². The first-order valence-corrected chi connectivity index (χ1v) is 9.11. The van der Waals surface area contributed by atoms with Crippen LogP contribution in [0.4, 0.5) is 0 Å². The summed E-state index contributed by atoms with van der Waals surface area (Å²) in [6.45, 7) is 5.61. The van der Waals surface area contributed by atoms with Gasteiger partial charge in [-0.25, -0.2) is 0 Å². The van der Waals surface area contributed by atoms with Gasteiger partial charge in [0.25, 0.3) is 0 Å². The molecule has 5 heteroatoms. The highest BCUT2D eigenvalue weighted by molar-refractivity contribution is 5.58. The van der Waals surface area contributed by atoms with Crippen molar-refractivity contribution in [2.75, 3.05) is 20.1 Å². The molecule has 3 rings (SSSR count). The van der Waals surface area contributed by atoms with Gasteiger partial charge in [0.2, 0.25) is 5.41 Å². The molecule has 2 aliphatic rings. The minimum Gasteiger partial charge on any atom is -0.399 e. The molecule has 0 amide bonds. The highest BCUT2D eigenvalue weighted by Gasteiger charge is 2.52. The van der Waals surface area contributed by atoms with E-state index in [2.05, 4.69) is 49.1 Å². The Morgan fingerprint density at radius 3 is 2.30 bits per heavy atom. The Morgan fingerprint density at radius 1 is 1.15 bits per heavy atom. The minimum atomic E-state index is -1.55. The van der Waals surface area contributed by atoms with E-state index in [1.807, 2.05) is 25.3 Å². The highest BCUT2D eigenvalue weighted by atomic mass is 15.1. The lowest BCUT2D eigenvalue weighted by Gasteiger charge is -2.44. The molecule has 0 aromatic heterocycles. The van der Waals surface area contributed by atoms with Crippen LogP contribution in [-0.4, -0.2) is 25.0 Å². The van der Waals surface area contributed by atoms with Crippen molar-refractivity contribution in [3.63, 3.8) is 0 Å². The molecule has 0 fully saturated rings. The van der Waals surface area contributed by atoms with Crippen molar-refractivity contribution < 1.29 is 0 Å². The molecule has 136 valence electrons. The van der Waals surface area contributed by atoms with Crippen LogP contribution in [0, 0.1) is 45.3 Å². The number of nitrogens with zero attached hydrogens (tertiary/aromatic N) is 4. The first-order chi connectivity index (χ1) is 12.9. The van der Waals surface area contributed by atoms with E-state index in [1.54, 1.807) is 0 Å². The second-order valence-electron chi connectivity index (χ2n) is 7.70. The molecule has 27 heavy (non-hydrogen) atoms. The minimum absolute atomic E-state index is 0.0833. The maximum atomic E-state index is 9.88. The summed E-state index contributed by atoms with van der Waals surface area (Å²) >= 11 is 0. The van der Waals surface area contributed by atoms with Gasteiger partial charge in [0.15, 0.2) is 0 Å². The summed E-state index contributed by atoms with van der Waals surface area (Å²) in [5.41, 5.74) is 8.13. The standard InChI is InChI=1S/C22H23N5/c1-14(2)15-4-6-16(7-5-15)20-17(10-23)21(26)22(12-24,13-25)19-8-9-27(3)11-18(19)20/h4-8,14,18,20H,9,11,26H2,1-3H3. The van der Waals surface area contributed by atoms with Crippen LogP contribution in [0.15, 0.2) is 47.2 Å². The Bertz CT molecular complexity index is 917. The maximum absolute atomic E-state index is 9.88. The smallest absolute Gasteiger partial charge is 0.204 e. The van der Waals surface area contributed by atoms with Crippen LogP contribution >= 0.6 is 0 Å². The van der Waals surface area contributed by atoms with Crippen LogP contribution < -0.4 is 5.73 Å². The number of hydrogen-bond acceptors (Lipinski definition) is 5. The molecule has 1 aromatic rings. The zero-order valence-corrected chi connectivity index (χ0v) is 15.9. The number of benzene rings is 1. The summed E-state index contributed by atoms with van der Waals surface area (Å²) in [6, 6.07) is 14.7. The molecular weight excluding hydrogens is 334 g/mol. The predicted octanol–water partition coefficient (Wildman–Crippen LogP) is 3.17. The van der Waals surface area contributed by atoms with Crippen molar-refractivity contribution in [3.8, 4) is 18.2 Å². The van der Waals surface area contributed by atoms with Crippen molar-refractivity contribution in [3.05, 3.63) is 58.3 Å². The van der Waals surface area contributed by atoms with Crippen LogP contribution in [0.3, 0.4) is 0 Å². The van der Waals surface area contributed by atoms with Gasteiger partial charge in [-0.1, -0.05) is 44.2 Å². The zero-order valence-electron chi connectivity index (χ0n) is 15.9. The van der Waals surface area contributed by atoms with Crippen molar-refractivity contribution >= 4 is 0 Å². The number of likely N-dealkylation sites (N-methyl/N-ethyl adjacent to an activating group) is 1. The van der Waals surface area contributed by atoms with E-state index in [9.17, 15) is 15.8 Å². The quantitative estimate of drug-likeness (QED) is 0.819. The van der Waals surface area contributed by atoms with Gasteiger partial charge < -0.3 is 10.6 Å². The fourth-order valence-corrected chi connectivity index (χ4v) is 4.25. The molecule has 2 atom stereocenters. The molecule has 0 radical (unpaired) electrons. The summed E-state index contributed by atoms with van der Waals surface area (Å²) in [5, 5.41) is 29.5. The van der Waals surface area contributed by atoms with E-state index < -0.39 is 5.41 Å². The summed E-state index contributed by atoms with van der Waals surface area (Å²) in [5.74, 6) is 0.0393. The summed E-state index contributed by atoms with van der Waals surface area (Å²) in [4.78, 5) is 2.14. The predicted molar refractivity (Wildman–Crippen MR) is 103 cm³/mol. The van der Waals surface area contributed by atoms with E-state index in [4.69, 9.17) is 5.73 Å². The molecule has 1 aromatic carbocycles. The average Bonchev–Trinajstić information content (AvgIpc) is 2.67. The van der Waals surface area contributed by atoms with E-state index >= 15 is 0 Å². The van der Waals surface area contributed by atoms with Crippen LogP contribution in [-0.2, 0) is 0 Å². The van der Waals surface area contributed by atoms with Crippen molar-refractivity contribution in [1.82, 2.24) is 4.90 Å². The van der Waals surface area contributed by atoms with Crippen molar-refractivity contribution in [2.45, 2.75) is 25.7 Å². The molecule has 1 aliphatic heterocycles. The lowest BCUT2D eigenvalue weighted by molar-refractivity contribution is 0.264. The molecule has 1 heterocycles. The molecule has 0 saturated heterocycles. The second kappa shape index (κ2) is 6.92. The Hall–Kier alpha value is -3.07. The third-order valence-electron chi connectivity index (χ3n) is 5.79. The average molecular weight is 357 g/mol. The van der Waals surface area contributed by atoms with E-state index in [0.717, 1.165) is 11.1 Å². The van der Waals surface area contributed by atoms with Gasteiger partial charge >= 0.3 is 0 Å². The normalized spacial score (nSPS) is 24.4. The Morgan fingerprint density at radius 2 is 1.78 bits per heavy atom. The third-order valence-corrected chi connectivity index (χ3v) is 5.79. The van der Waals surface area contributed by atoms with Gasteiger partial charge in [-0.15, -0.1) is 0 Å². The van der Waals surface area contributed by atoms with Gasteiger partial charge in [0.05, 0.1) is 29.5 Å². The van der Waals surface area contributed by atoms with Crippen LogP contribution in [0.2, 0.25) is 0 Å². The van der Waals surface area contributed by atoms with Crippen LogP contribution in [0.5, 0.6) is 0 Å². The number of allylic oxidation sites excluding steroid dienone is 2. The van der Waals surface area contributed by atoms with Crippen molar-refractivity contribution in [1.29, 1.82) is 15.8 Å². The number of fused-ring (bicyclic) bond motifs is 1. The maximum Gasteiger partial charge on any atom is 0.204 e. The Balaban J connectivity index is 2.24.